The van der Waals surface area contributed by atoms with E-state index in [9.17, 15) is 14.0 Å². The van der Waals surface area contributed by atoms with E-state index in [2.05, 4.69) is 21.2 Å². The van der Waals surface area contributed by atoms with Crippen molar-refractivity contribution in [3.8, 4) is 0 Å². The van der Waals surface area contributed by atoms with E-state index >= 15 is 0 Å². The highest BCUT2D eigenvalue weighted by atomic mass is 79.9. The smallest absolute Gasteiger partial charge is 0.246 e. The maximum atomic E-state index is 13.7. The number of nitrogens with zero attached hydrogens (tertiary/aromatic N) is 1. The molecule has 1 aliphatic heterocycles. The van der Waals surface area contributed by atoms with Gasteiger partial charge >= 0.3 is 0 Å². The van der Waals surface area contributed by atoms with Crippen LogP contribution in [-0.2, 0) is 9.59 Å². The van der Waals surface area contributed by atoms with Crippen LogP contribution in [-0.4, -0.2) is 29.8 Å². The number of hydrogen-bond donors (Lipinski definition) is 1. The van der Waals surface area contributed by atoms with Gasteiger partial charge in [-0.25, -0.2) is 4.39 Å². The Kier molecular flexibility index (Phi) is 6.40. The molecule has 2 aromatic carbocycles. The van der Waals surface area contributed by atoms with Gasteiger partial charge in [-0.2, -0.15) is 0 Å². The minimum Gasteiger partial charge on any atom is -0.339 e. The van der Waals surface area contributed by atoms with E-state index in [4.69, 9.17) is 0 Å². The number of para-hydroxylation sites is 1. The minimum absolute atomic E-state index is 0.0138. The fraction of sp³-hybridized carbons (Fsp3) is 0.238. The van der Waals surface area contributed by atoms with Crippen LogP contribution in [0.25, 0.3) is 6.08 Å². The van der Waals surface area contributed by atoms with Gasteiger partial charge in [0.15, 0.2) is 0 Å². The Labute approximate surface area is 166 Å². The van der Waals surface area contributed by atoms with Crippen molar-refractivity contribution in [2.75, 3.05) is 18.4 Å². The summed E-state index contributed by atoms with van der Waals surface area (Å²) in [5.41, 5.74) is 1.13. The Balaban J connectivity index is 1.52. The van der Waals surface area contributed by atoms with Crippen molar-refractivity contribution in [3.05, 3.63) is 70.5 Å². The predicted octanol–water partition coefficient (Wildman–Crippen LogP) is 4.48. The number of nitrogens with one attached hydrogen (secondary N) is 1. The lowest BCUT2D eigenvalue weighted by molar-refractivity contribution is -0.130. The van der Waals surface area contributed by atoms with Gasteiger partial charge in [0.1, 0.15) is 5.82 Å². The topological polar surface area (TPSA) is 49.4 Å². The number of carbonyl (C=O) groups is 2. The molecule has 1 fully saturated rings. The zero-order valence-corrected chi connectivity index (χ0v) is 16.3. The molecule has 1 aliphatic rings. The van der Waals surface area contributed by atoms with Crippen LogP contribution >= 0.6 is 15.9 Å². The van der Waals surface area contributed by atoms with Crippen LogP contribution in [0.4, 0.5) is 10.1 Å². The van der Waals surface area contributed by atoms with Gasteiger partial charge in [0, 0.05) is 40.8 Å². The lowest BCUT2D eigenvalue weighted by atomic mass is 9.95. The molecule has 0 spiro atoms. The fourth-order valence-corrected chi connectivity index (χ4v) is 3.42. The zero-order chi connectivity index (χ0) is 19.2. The first-order chi connectivity index (χ1) is 13.0. The summed E-state index contributed by atoms with van der Waals surface area (Å²) in [6.07, 6.45) is 4.10. The van der Waals surface area contributed by atoms with Crippen LogP contribution in [0.1, 0.15) is 18.4 Å². The van der Waals surface area contributed by atoms with Gasteiger partial charge in [0.25, 0.3) is 0 Å². The van der Waals surface area contributed by atoms with Crippen LogP contribution < -0.4 is 5.32 Å². The van der Waals surface area contributed by atoms with Crippen LogP contribution in [0.3, 0.4) is 0 Å². The van der Waals surface area contributed by atoms with E-state index in [0.717, 1.165) is 10.2 Å². The highest BCUT2D eigenvalue weighted by molar-refractivity contribution is 9.10. The van der Waals surface area contributed by atoms with Crippen molar-refractivity contribution in [1.82, 2.24) is 4.90 Å². The normalized spacial score (nSPS) is 15.1. The first-order valence-corrected chi connectivity index (χ1v) is 9.60. The van der Waals surface area contributed by atoms with Crippen LogP contribution in [0.2, 0.25) is 0 Å². The van der Waals surface area contributed by atoms with E-state index in [1.165, 1.54) is 18.2 Å². The average molecular weight is 431 g/mol. The molecular formula is C21H20BrFN2O2. The van der Waals surface area contributed by atoms with Crippen molar-refractivity contribution in [2.45, 2.75) is 12.8 Å². The number of halogens is 2. The van der Waals surface area contributed by atoms with Crippen LogP contribution in [0.15, 0.2) is 59.1 Å². The SMILES string of the molecule is O=C(Nc1ccccc1)C1CCN(C(=O)C=Cc2cc(Br)ccc2F)CC1. The number of likely N-dealkylation sites (tertiary alicyclic amines) is 1. The van der Waals surface area contributed by atoms with Crippen molar-refractivity contribution in [3.63, 3.8) is 0 Å². The minimum atomic E-state index is -0.376. The first kappa shape index (κ1) is 19.3. The molecule has 6 heteroatoms. The van der Waals surface area contributed by atoms with Gasteiger partial charge in [-0.15, -0.1) is 0 Å². The van der Waals surface area contributed by atoms with E-state index in [-0.39, 0.29) is 23.5 Å². The first-order valence-electron chi connectivity index (χ1n) is 8.81. The summed E-state index contributed by atoms with van der Waals surface area (Å²) in [6, 6.07) is 13.9. The van der Waals surface area contributed by atoms with Crippen molar-refractivity contribution < 1.29 is 14.0 Å². The summed E-state index contributed by atoms with van der Waals surface area (Å²) in [5.74, 6) is -0.671. The predicted molar refractivity (Wildman–Crippen MR) is 108 cm³/mol. The van der Waals surface area contributed by atoms with Gasteiger partial charge in [-0.1, -0.05) is 34.1 Å². The van der Waals surface area contributed by atoms with Crippen LogP contribution in [0, 0.1) is 11.7 Å². The molecule has 0 saturated carbocycles. The molecule has 0 bridgehead atoms. The Bertz CT molecular complexity index is 847. The molecule has 1 N–H and O–H groups in total. The number of anilines is 1. The molecule has 2 amide bonds. The molecule has 0 radical (unpaired) electrons. The van der Waals surface area contributed by atoms with Crippen molar-refractivity contribution >= 4 is 39.5 Å². The molecule has 3 rings (SSSR count). The number of piperidine rings is 1. The second-order valence-electron chi connectivity index (χ2n) is 6.45. The Hall–Kier alpha value is -2.47. The maximum absolute atomic E-state index is 13.7. The lowest BCUT2D eigenvalue weighted by Crippen LogP contribution is -2.40. The van der Waals surface area contributed by atoms with Gasteiger partial charge in [-0.3, -0.25) is 9.59 Å². The Morgan fingerprint density at radius 3 is 2.52 bits per heavy atom. The molecular weight excluding hydrogens is 411 g/mol. The summed E-state index contributed by atoms with van der Waals surface area (Å²) in [7, 11) is 0. The standard InChI is InChI=1S/C21H20BrFN2O2/c22-17-7-8-19(23)16(14-17)6-9-20(26)25-12-10-15(11-13-25)21(27)24-18-4-2-1-3-5-18/h1-9,14-15H,10-13H2,(H,24,27). The van der Waals surface area contributed by atoms with Crippen molar-refractivity contribution in [2.24, 2.45) is 5.92 Å². The molecule has 140 valence electrons. The summed E-state index contributed by atoms with van der Waals surface area (Å²) in [4.78, 5) is 26.4. The van der Waals surface area contributed by atoms with E-state index in [1.807, 2.05) is 30.3 Å². The van der Waals surface area contributed by atoms with Gasteiger partial charge in [-0.05, 0) is 49.2 Å². The number of rotatable bonds is 4. The molecule has 2 aromatic rings. The third-order valence-electron chi connectivity index (χ3n) is 4.58. The molecule has 1 saturated heterocycles. The summed E-state index contributed by atoms with van der Waals surface area (Å²) >= 11 is 3.29. The van der Waals surface area contributed by atoms with Gasteiger partial charge in [0.05, 0.1) is 0 Å². The van der Waals surface area contributed by atoms with Crippen LogP contribution in [0.5, 0.6) is 0 Å². The summed E-state index contributed by atoms with van der Waals surface area (Å²) < 4.78 is 14.5. The number of benzene rings is 2. The third kappa shape index (κ3) is 5.26. The number of amides is 2. The quantitative estimate of drug-likeness (QED) is 0.726. The fourth-order valence-electron chi connectivity index (χ4n) is 3.04. The molecule has 0 unspecified atom stereocenters. The monoisotopic (exact) mass is 430 g/mol. The molecule has 1 heterocycles. The largest absolute Gasteiger partial charge is 0.339 e. The second kappa shape index (κ2) is 8.95. The molecule has 0 aromatic heterocycles. The van der Waals surface area contributed by atoms with Gasteiger partial charge in [0.2, 0.25) is 11.8 Å². The van der Waals surface area contributed by atoms with E-state index in [1.54, 1.807) is 17.0 Å². The van der Waals surface area contributed by atoms with E-state index < -0.39 is 0 Å². The third-order valence-corrected chi connectivity index (χ3v) is 5.08. The average Bonchev–Trinajstić information content (AvgIpc) is 2.69. The molecule has 0 aliphatic carbocycles. The highest BCUT2D eigenvalue weighted by Gasteiger charge is 2.26. The zero-order valence-electron chi connectivity index (χ0n) is 14.7. The Morgan fingerprint density at radius 1 is 1.11 bits per heavy atom. The number of carbonyl (C=O) groups excluding carboxylic acids is 2. The van der Waals surface area contributed by atoms with E-state index in [0.29, 0.717) is 31.5 Å². The lowest BCUT2D eigenvalue weighted by Gasteiger charge is -2.30. The summed E-state index contributed by atoms with van der Waals surface area (Å²) in [5, 5.41) is 2.91. The maximum Gasteiger partial charge on any atom is 0.246 e. The van der Waals surface area contributed by atoms with Gasteiger partial charge < -0.3 is 10.2 Å². The molecule has 0 atom stereocenters. The summed E-state index contributed by atoms with van der Waals surface area (Å²) in [6.45, 7) is 1.02. The second-order valence-corrected chi connectivity index (χ2v) is 7.37. The number of hydrogen-bond acceptors (Lipinski definition) is 2. The van der Waals surface area contributed by atoms with Crippen molar-refractivity contribution in [1.29, 1.82) is 0 Å². The Morgan fingerprint density at radius 2 is 1.81 bits per heavy atom. The molecule has 27 heavy (non-hydrogen) atoms. The highest BCUT2D eigenvalue weighted by Crippen LogP contribution is 2.21. The molecule has 4 nitrogen and oxygen atoms in total.